The Morgan fingerprint density at radius 2 is 2.08 bits per heavy atom. The van der Waals surface area contributed by atoms with E-state index in [4.69, 9.17) is 4.74 Å². The molecule has 3 heteroatoms. The lowest BCUT2D eigenvalue weighted by atomic mass is 10.00. The smallest absolute Gasteiger partial charge is 0.308 e. The molecule has 1 N–H and O–H groups in total. The second-order valence-electron chi connectivity index (χ2n) is 2.96. The molecule has 0 fully saturated rings. The molecule has 0 aliphatic rings. The molecular weight excluding hydrogens is 156 g/mol. The number of aliphatic hydroxyl groups excluding tert-OH is 1. The van der Waals surface area contributed by atoms with E-state index in [1.54, 1.807) is 6.92 Å². The molecule has 0 aliphatic carbocycles. The quantitative estimate of drug-likeness (QED) is 0.640. The predicted molar refractivity (Wildman–Crippen MR) is 46.7 cm³/mol. The van der Waals surface area contributed by atoms with Crippen LogP contribution in [0.2, 0.25) is 0 Å². The third-order valence-electron chi connectivity index (χ3n) is 1.98. The van der Waals surface area contributed by atoms with Gasteiger partial charge in [0.25, 0.3) is 0 Å². The van der Waals surface area contributed by atoms with Crippen molar-refractivity contribution in [2.45, 2.75) is 39.7 Å². The third kappa shape index (κ3) is 4.34. The van der Waals surface area contributed by atoms with Crippen molar-refractivity contribution >= 4 is 5.97 Å². The highest BCUT2D eigenvalue weighted by molar-refractivity contribution is 5.69. The highest BCUT2D eigenvalue weighted by atomic mass is 16.5. The number of carbonyl (C=O) groups is 1. The molecule has 12 heavy (non-hydrogen) atoms. The van der Waals surface area contributed by atoms with E-state index >= 15 is 0 Å². The maximum Gasteiger partial charge on any atom is 0.308 e. The van der Waals surface area contributed by atoms with Crippen molar-refractivity contribution in [3.63, 3.8) is 0 Å². The van der Waals surface area contributed by atoms with Crippen LogP contribution in [0, 0.1) is 5.92 Å². The van der Waals surface area contributed by atoms with Gasteiger partial charge in [-0.05, 0) is 12.8 Å². The van der Waals surface area contributed by atoms with Gasteiger partial charge in [0.1, 0.15) is 0 Å². The summed E-state index contributed by atoms with van der Waals surface area (Å²) in [5.74, 6) is -0.153. The Morgan fingerprint density at radius 1 is 1.50 bits per heavy atom. The number of aliphatic hydroxyl groups is 1. The number of rotatable bonds is 5. The van der Waals surface area contributed by atoms with Crippen molar-refractivity contribution in [1.82, 2.24) is 0 Å². The van der Waals surface area contributed by atoms with Crippen molar-refractivity contribution in [3.8, 4) is 0 Å². The van der Waals surface area contributed by atoms with Gasteiger partial charge in [0.05, 0.1) is 19.1 Å². The summed E-state index contributed by atoms with van der Waals surface area (Å²) in [7, 11) is 0. The molecule has 0 amide bonds. The van der Waals surface area contributed by atoms with Crippen LogP contribution in [-0.4, -0.2) is 23.8 Å². The van der Waals surface area contributed by atoms with Crippen LogP contribution >= 0.6 is 0 Å². The Labute approximate surface area is 73.7 Å². The lowest BCUT2D eigenvalue weighted by Crippen LogP contribution is -2.22. The maximum absolute atomic E-state index is 10.9. The Kier molecular flexibility index (Phi) is 5.72. The molecule has 0 aromatic heterocycles. The monoisotopic (exact) mass is 174 g/mol. The summed E-state index contributed by atoms with van der Waals surface area (Å²) in [6, 6.07) is 0. The summed E-state index contributed by atoms with van der Waals surface area (Å²) in [5.41, 5.74) is 0. The lowest BCUT2D eigenvalue weighted by Gasteiger charge is -2.15. The zero-order valence-electron chi connectivity index (χ0n) is 8.04. The minimum absolute atomic E-state index is 0.114. The zero-order chi connectivity index (χ0) is 9.56. The van der Waals surface area contributed by atoms with E-state index in [0.29, 0.717) is 6.61 Å². The first-order chi connectivity index (χ1) is 5.61. The normalized spacial score (nSPS) is 15.3. The van der Waals surface area contributed by atoms with Gasteiger partial charge in [0.15, 0.2) is 0 Å². The molecule has 0 radical (unpaired) electrons. The van der Waals surface area contributed by atoms with Gasteiger partial charge in [0.2, 0.25) is 0 Å². The molecule has 0 spiro atoms. The number of hydrogen-bond donors (Lipinski definition) is 1. The van der Waals surface area contributed by atoms with E-state index in [0.717, 1.165) is 6.42 Å². The van der Waals surface area contributed by atoms with Crippen LogP contribution in [0.3, 0.4) is 0 Å². The average Bonchev–Trinajstić information content (AvgIpc) is 2.03. The van der Waals surface area contributed by atoms with Gasteiger partial charge in [0, 0.05) is 0 Å². The first-order valence-corrected chi connectivity index (χ1v) is 4.45. The lowest BCUT2D eigenvalue weighted by molar-refractivity contribution is -0.146. The second kappa shape index (κ2) is 6.00. The van der Waals surface area contributed by atoms with Crippen LogP contribution in [-0.2, 0) is 9.53 Å². The van der Waals surface area contributed by atoms with Crippen LogP contribution in [0.4, 0.5) is 0 Å². The molecule has 0 aromatic carbocycles. The molecule has 0 rings (SSSR count). The summed E-state index contributed by atoms with van der Waals surface area (Å²) in [6.07, 6.45) is 0.428. The fourth-order valence-corrected chi connectivity index (χ4v) is 0.864. The fourth-order valence-electron chi connectivity index (χ4n) is 0.864. The van der Waals surface area contributed by atoms with Crippen LogP contribution in [0.1, 0.15) is 33.6 Å². The van der Waals surface area contributed by atoms with Crippen molar-refractivity contribution in [3.05, 3.63) is 0 Å². The van der Waals surface area contributed by atoms with Crippen molar-refractivity contribution in [1.29, 1.82) is 0 Å². The number of carbonyl (C=O) groups excluding carboxylic acids is 1. The summed E-state index contributed by atoms with van der Waals surface area (Å²) >= 11 is 0. The summed E-state index contributed by atoms with van der Waals surface area (Å²) < 4.78 is 4.71. The summed E-state index contributed by atoms with van der Waals surface area (Å²) in [4.78, 5) is 10.9. The molecule has 0 heterocycles. The topological polar surface area (TPSA) is 46.5 Å². The Morgan fingerprint density at radius 3 is 2.50 bits per heavy atom. The minimum Gasteiger partial charge on any atom is -0.466 e. The SMILES string of the molecule is CCOC(=O)C[C@H](O)[C@@H](C)CC. The fraction of sp³-hybridized carbons (Fsp3) is 0.889. The Hall–Kier alpha value is -0.570. The van der Waals surface area contributed by atoms with E-state index < -0.39 is 6.10 Å². The molecular formula is C9H18O3. The van der Waals surface area contributed by atoms with Gasteiger partial charge in [-0.2, -0.15) is 0 Å². The number of esters is 1. The summed E-state index contributed by atoms with van der Waals surface area (Å²) in [5, 5.41) is 9.41. The Bertz CT molecular complexity index is 134. The molecule has 72 valence electrons. The van der Waals surface area contributed by atoms with Crippen LogP contribution in [0.15, 0.2) is 0 Å². The highest BCUT2D eigenvalue weighted by Crippen LogP contribution is 2.10. The van der Waals surface area contributed by atoms with Crippen LogP contribution in [0.5, 0.6) is 0 Å². The largest absolute Gasteiger partial charge is 0.466 e. The predicted octanol–water partition coefficient (Wildman–Crippen LogP) is 1.35. The van der Waals surface area contributed by atoms with E-state index in [1.807, 2.05) is 13.8 Å². The summed E-state index contributed by atoms with van der Waals surface area (Å²) in [6.45, 7) is 6.04. The molecule has 0 saturated heterocycles. The van der Waals surface area contributed by atoms with Gasteiger partial charge in [-0.15, -0.1) is 0 Å². The van der Waals surface area contributed by atoms with E-state index in [2.05, 4.69) is 0 Å². The van der Waals surface area contributed by atoms with Crippen molar-refractivity contribution < 1.29 is 14.6 Å². The third-order valence-corrected chi connectivity index (χ3v) is 1.98. The number of hydrogen-bond acceptors (Lipinski definition) is 3. The van der Waals surface area contributed by atoms with Gasteiger partial charge in [-0.1, -0.05) is 20.3 Å². The molecule has 2 atom stereocenters. The molecule has 0 saturated carbocycles. The van der Waals surface area contributed by atoms with Crippen LogP contribution < -0.4 is 0 Å². The van der Waals surface area contributed by atoms with E-state index in [9.17, 15) is 9.90 Å². The average molecular weight is 174 g/mol. The standard InChI is InChI=1S/C9H18O3/c1-4-7(3)8(10)6-9(11)12-5-2/h7-8,10H,4-6H2,1-3H3/t7-,8-/m0/s1. The number of ether oxygens (including phenoxy) is 1. The molecule has 0 aliphatic heterocycles. The zero-order valence-corrected chi connectivity index (χ0v) is 8.04. The molecule has 0 bridgehead atoms. The van der Waals surface area contributed by atoms with Crippen molar-refractivity contribution in [2.75, 3.05) is 6.61 Å². The molecule has 0 aromatic rings. The van der Waals surface area contributed by atoms with Gasteiger partial charge in [-0.3, -0.25) is 4.79 Å². The maximum atomic E-state index is 10.9. The van der Waals surface area contributed by atoms with Gasteiger partial charge >= 0.3 is 5.97 Å². The first kappa shape index (κ1) is 11.4. The van der Waals surface area contributed by atoms with Gasteiger partial charge in [-0.25, -0.2) is 0 Å². The van der Waals surface area contributed by atoms with E-state index in [-0.39, 0.29) is 18.3 Å². The Balaban J connectivity index is 3.67. The van der Waals surface area contributed by atoms with Gasteiger partial charge < -0.3 is 9.84 Å². The molecule has 3 nitrogen and oxygen atoms in total. The second-order valence-corrected chi connectivity index (χ2v) is 2.96. The molecule has 0 unspecified atom stereocenters. The highest BCUT2D eigenvalue weighted by Gasteiger charge is 2.16. The van der Waals surface area contributed by atoms with Crippen LogP contribution in [0.25, 0.3) is 0 Å². The first-order valence-electron chi connectivity index (χ1n) is 4.45. The van der Waals surface area contributed by atoms with E-state index in [1.165, 1.54) is 0 Å². The van der Waals surface area contributed by atoms with Crippen molar-refractivity contribution in [2.24, 2.45) is 5.92 Å². The minimum atomic E-state index is -0.561.